The minimum absolute atomic E-state index is 0.0960. The second kappa shape index (κ2) is 42.9. The molecule has 2 unspecified atom stereocenters. The third-order valence-electron chi connectivity index (χ3n) is 9.57. The minimum atomic E-state index is -4.28. The van der Waals surface area contributed by atoms with Crippen LogP contribution in [0.5, 0.6) is 0 Å². The van der Waals surface area contributed by atoms with Gasteiger partial charge in [0.25, 0.3) is 0 Å². The number of esters is 1. The molecule has 0 rings (SSSR count). The number of allylic oxidation sites excluding steroid dienone is 6. The van der Waals surface area contributed by atoms with Gasteiger partial charge in [0.2, 0.25) is 0 Å². The van der Waals surface area contributed by atoms with Crippen LogP contribution in [0.25, 0.3) is 0 Å². The zero-order valence-corrected chi connectivity index (χ0v) is 36.1. The van der Waals surface area contributed by atoms with Crippen LogP contribution >= 0.6 is 7.82 Å². The van der Waals surface area contributed by atoms with E-state index in [1.165, 1.54) is 135 Å². The van der Waals surface area contributed by atoms with E-state index in [0.717, 1.165) is 51.4 Å². The highest BCUT2D eigenvalue weighted by Crippen LogP contribution is 2.43. The van der Waals surface area contributed by atoms with Crippen LogP contribution in [0, 0.1) is 0 Å². The van der Waals surface area contributed by atoms with E-state index in [1.54, 1.807) is 0 Å². The fourth-order valence-electron chi connectivity index (χ4n) is 6.31. The number of carbonyl (C=O) groups excluding carboxylic acids is 1. The lowest BCUT2D eigenvalue weighted by atomic mass is 10.0. The molecule has 0 saturated carbocycles. The Morgan fingerprint density at radius 1 is 0.574 bits per heavy atom. The summed E-state index contributed by atoms with van der Waals surface area (Å²) in [5.74, 6) is -0.331. The van der Waals surface area contributed by atoms with Crippen LogP contribution in [0.15, 0.2) is 36.5 Å². The summed E-state index contributed by atoms with van der Waals surface area (Å²) in [6, 6.07) is 0. The quantitative estimate of drug-likeness (QED) is 0.0272. The number of unbranched alkanes of at least 4 members (excludes halogenated alkanes) is 24. The molecule has 318 valence electrons. The number of hydrogen-bond acceptors (Lipinski definition) is 7. The zero-order chi connectivity index (χ0) is 39.5. The van der Waals surface area contributed by atoms with E-state index in [9.17, 15) is 14.3 Å². The van der Waals surface area contributed by atoms with Gasteiger partial charge in [0.1, 0.15) is 6.10 Å². The Morgan fingerprint density at radius 2 is 1.04 bits per heavy atom. The van der Waals surface area contributed by atoms with Gasteiger partial charge in [-0.25, -0.2) is 4.57 Å². The van der Waals surface area contributed by atoms with Gasteiger partial charge >= 0.3 is 13.8 Å². The van der Waals surface area contributed by atoms with Crippen molar-refractivity contribution in [3.63, 3.8) is 0 Å². The highest BCUT2D eigenvalue weighted by Gasteiger charge is 2.25. The Labute approximate surface area is 333 Å². The van der Waals surface area contributed by atoms with Gasteiger partial charge in [0.05, 0.1) is 19.8 Å². The molecule has 0 aromatic carbocycles. The molecule has 0 amide bonds. The molecule has 3 N–H and O–H groups in total. The van der Waals surface area contributed by atoms with Crippen molar-refractivity contribution in [2.45, 2.75) is 213 Å². The molecule has 0 saturated heterocycles. The second-order valence-electron chi connectivity index (χ2n) is 14.9. The molecule has 0 bridgehead atoms. The average molecular weight is 784 g/mol. The molecule has 0 spiro atoms. The fourth-order valence-corrected chi connectivity index (χ4v) is 7.07. The molecule has 9 heteroatoms. The van der Waals surface area contributed by atoms with Crippen molar-refractivity contribution in [1.29, 1.82) is 0 Å². The molecule has 0 heterocycles. The van der Waals surface area contributed by atoms with Gasteiger partial charge in [-0.05, 0) is 44.9 Å². The molecular formula is C45H86NO7P. The van der Waals surface area contributed by atoms with Gasteiger partial charge in [-0.15, -0.1) is 0 Å². The molecule has 54 heavy (non-hydrogen) atoms. The third-order valence-corrected chi connectivity index (χ3v) is 10.6. The Morgan fingerprint density at radius 3 is 1.56 bits per heavy atom. The molecule has 0 aliphatic carbocycles. The van der Waals surface area contributed by atoms with Crippen LogP contribution in [0.4, 0.5) is 0 Å². The normalized spacial score (nSPS) is 13.8. The Hall–Kier alpha value is -1.28. The van der Waals surface area contributed by atoms with Gasteiger partial charge in [-0.2, -0.15) is 0 Å². The molecule has 0 aromatic heterocycles. The summed E-state index contributed by atoms with van der Waals surface area (Å²) in [5.41, 5.74) is 5.37. The van der Waals surface area contributed by atoms with Gasteiger partial charge < -0.3 is 20.1 Å². The first kappa shape index (κ1) is 52.7. The predicted octanol–water partition coefficient (Wildman–Crippen LogP) is 13.4. The van der Waals surface area contributed by atoms with Crippen LogP contribution in [0.2, 0.25) is 0 Å². The number of carbonyl (C=O) groups is 1. The largest absolute Gasteiger partial charge is 0.472 e. The summed E-state index contributed by atoms with van der Waals surface area (Å²) in [5, 5.41) is 0. The first-order chi connectivity index (χ1) is 26.4. The fraction of sp³-hybridized carbons (Fsp3) is 0.844. The molecule has 0 fully saturated rings. The molecule has 2 atom stereocenters. The van der Waals surface area contributed by atoms with Crippen LogP contribution in [-0.2, 0) is 27.9 Å². The van der Waals surface area contributed by atoms with Gasteiger partial charge in [-0.3, -0.25) is 13.8 Å². The summed E-state index contributed by atoms with van der Waals surface area (Å²) < 4.78 is 33.5. The molecular weight excluding hydrogens is 697 g/mol. The van der Waals surface area contributed by atoms with E-state index < -0.39 is 13.9 Å². The average Bonchev–Trinajstić information content (AvgIpc) is 3.16. The lowest BCUT2D eigenvalue weighted by molar-refractivity contribution is -0.154. The third kappa shape index (κ3) is 41.9. The Balaban J connectivity index is 4.00. The van der Waals surface area contributed by atoms with Gasteiger partial charge in [-0.1, -0.05) is 192 Å². The summed E-state index contributed by atoms with van der Waals surface area (Å²) in [6.45, 7) is 4.82. The van der Waals surface area contributed by atoms with Crippen LogP contribution in [-0.4, -0.2) is 49.9 Å². The van der Waals surface area contributed by atoms with Crippen molar-refractivity contribution in [3.05, 3.63) is 36.5 Å². The topological polar surface area (TPSA) is 117 Å². The van der Waals surface area contributed by atoms with E-state index >= 15 is 0 Å². The van der Waals surface area contributed by atoms with Crippen molar-refractivity contribution in [2.24, 2.45) is 5.73 Å². The smallest absolute Gasteiger partial charge is 0.457 e. The highest BCUT2D eigenvalue weighted by atomic mass is 31.2. The van der Waals surface area contributed by atoms with Gasteiger partial charge in [0, 0.05) is 19.6 Å². The van der Waals surface area contributed by atoms with Crippen molar-refractivity contribution in [1.82, 2.24) is 0 Å². The maximum Gasteiger partial charge on any atom is 0.472 e. The highest BCUT2D eigenvalue weighted by molar-refractivity contribution is 7.47. The van der Waals surface area contributed by atoms with Crippen LogP contribution < -0.4 is 5.73 Å². The summed E-state index contributed by atoms with van der Waals surface area (Å²) in [6.07, 6.45) is 48.7. The van der Waals surface area contributed by atoms with Crippen molar-refractivity contribution < 1.29 is 32.8 Å². The first-order valence-corrected chi connectivity index (χ1v) is 24.0. The number of phosphoric ester groups is 1. The summed E-state index contributed by atoms with van der Waals surface area (Å²) in [7, 11) is -4.28. The predicted molar refractivity (Wildman–Crippen MR) is 229 cm³/mol. The van der Waals surface area contributed by atoms with Crippen molar-refractivity contribution in [3.8, 4) is 0 Å². The van der Waals surface area contributed by atoms with Crippen LogP contribution in [0.3, 0.4) is 0 Å². The number of phosphoric acid groups is 1. The van der Waals surface area contributed by atoms with E-state index in [0.29, 0.717) is 13.0 Å². The first-order valence-electron chi connectivity index (χ1n) is 22.5. The zero-order valence-electron chi connectivity index (χ0n) is 35.2. The summed E-state index contributed by atoms with van der Waals surface area (Å²) in [4.78, 5) is 22.5. The number of hydrogen-bond donors (Lipinski definition) is 2. The number of rotatable bonds is 43. The number of ether oxygens (including phenoxy) is 2. The summed E-state index contributed by atoms with van der Waals surface area (Å²) >= 11 is 0. The van der Waals surface area contributed by atoms with E-state index in [1.807, 2.05) is 0 Å². The number of nitrogens with two attached hydrogens (primary N) is 1. The van der Waals surface area contributed by atoms with E-state index in [2.05, 4.69) is 50.3 Å². The maximum absolute atomic E-state index is 12.6. The monoisotopic (exact) mass is 784 g/mol. The van der Waals surface area contributed by atoms with Crippen molar-refractivity contribution >= 4 is 13.8 Å². The molecule has 0 aromatic rings. The van der Waals surface area contributed by atoms with Gasteiger partial charge in [0.15, 0.2) is 0 Å². The van der Waals surface area contributed by atoms with Crippen molar-refractivity contribution in [2.75, 3.05) is 33.0 Å². The molecule has 0 radical (unpaired) electrons. The van der Waals surface area contributed by atoms with E-state index in [-0.39, 0.29) is 32.3 Å². The second-order valence-corrected chi connectivity index (χ2v) is 16.3. The lowest BCUT2D eigenvalue weighted by Gasteiger charge is -2.20. The lowest BCUT2D eigenvalue weighted by Crippen LogP contribution is -2.28. The molecule has 0 aliphatic rings. The van der Waals surface area contributed by atoms with Crippen LogP contribution in [0.1, 0.15) is 206 Å². The Bertz CT molecular complexity index is 926. The Kier molecular flexibility index (Phi) is 41.8. The standard InChI is InChI=1S/C45H86NO7P/c1-3-5-7-9-11-13-15-17-19-21-23-25-27-29-31-33-35-37-40-50-42-44(43-52-54(48,49)51-41-39-46)53-45(47)38-36-34-32-30-28-26-24-22-20-18-16-14-12-10-8-6-4-2/h5,7,11,13,17,19,44H,3-4,6,8-10,12,14-16,18,20-43,46H2,1-2H3,(H,48,49)/b7-5-,13-11-,19-17-. The molecule has 8 nitrogen and oxygen atoms in total. The maximum atomic E-state index is 12.6. The minimum Gasteiger partial charge on any atom is -0.457 e. The molecule has 0 aliphatic heterocycles. The SMILES string of the molecule is CC/C=C\C/C=C\C/C=C\CCCCCCCCCCOCC(COP(=O)(O)OCCN)OC(=O)CCCCCCCCCCCCCCCCCCC. The van der Waals surface area contributed by atoms with E-state index in [4.69, 9.17) is 24.3 Å².